The van der Waals surface area contributed by atoms with Crippen LogP contribution in [0.25, 0.3) is 0 Å². The van der Waals surface area contributed by atoms with Crippen molar-refractivity contribution in [3.63, 3.8) is 0 Å². The maximum Gasteiger partial charge on any atom is 0.310 e. The fraction of sp³-hybridized carbons (Fsp3) is 0.290. The molecule has 0 radical (unpaired) electrons. The van der Waals surface area contributed by atoms with Crippen molar-refractivity contribution in [3.05, 3.63) is 99.8 Å². The maximum atomic E-state index is 12.4. The Morgan fingerprint density at radius 1 is 1.10 bits per heavy atom. The highest BCUT2D eigenvalue weighted by Crippen LogP contribution is 2.60. The number of aliphatic imine (C=N–C) groups is 1. The molecule has 0 bridgehead atoms. The molecule has 0 spiro atoms. The third-order valence-corrected chi connectivity index (χ3v) is 7.18. The van der Waals surface area contributed by atoms with Gasteiger partial charge in [0, 0.05) is 19.8 Å². The van der Waals surface area contributed by atoms with Gasteiger partial charge in [-0.2, -0.15) is 10.3 Å². The molecule has 1 fully saturated rings. The molecule has 1 saturated carbocycles. The SMILES string of the molecule is CC(=NC#N)N(C)Cc1ccc(Cl)nc1.CC1(C)C(C=C(Cl)Cl)C1C(=O)OCc1cccc(Oc2ccccc2)c1. The van der Waals surface area contributed by atoms with Gasteiger partial charge >= 0.3 is 5.97 Å². The van der Waals surface area contributed by atoms with E-state index < -0.39 is 0 Å². The molecule has 4 rings (SSSR count). The zero-order valence-corrected chi connectivity index (χ0v) is 25.5. The van der Waals surface area contributed by atoms with Crippen LogP contribution in [0, 0.1) is 28.7 Å². The standard InChI is InChI=1S/C21H20Cl2O3.C10H11ClN4/c1-21(2)17(12-18(22)23)19(21)20(24)25-13-14-7-6-10-16(11-14)26-15-8-4-3-5-9-15;1-8(14-7-12)15(2)6-9-3-4-10(11)13-5-9/h3-12,17,19H,13H2,1-2H3;3-5H,6H2,1-2H3. The topological polar surface area (TPSA) is 87.8 Å². The minimum Gasteiger partial charge on any atom is -0.461 e. The van der Waals surface area contributed by atoms with Crippen molar-refractivity contribution in [3.8, 4) is 17.7 Å². The monoisotopic (exact) mass is 612 g/mol. The summed E-state index contributed by atoms with van der Waals surface area (Å²) >= 11 is 17.1. The van der Waals surface area contributed by atoms with Gasteiger partial charge in [0.1, 0.15) is 33.6 Å². The van der Waals surface area contributed by atoms with E-state index in [9.17, 15) is 4.79 Å². The Morgan fingerprint density at radius 3 is 2.44 bits per heavy atom. The fourth-order valence-electron chi connectivity index (χ4n) is 4.19. The van der Waals surface area contributed by atoms with Crippen molar-refractivity contribution in [1.82, 2.24) is 9.88 Å². The van der Waals surface area contributed by atoms with E-state index in [1.54, 1.807) is 31.5 Å². The highest BCUT2D eigenvalue weighted by molar-refractivity contribution is 6.55. The van der Waals surface area contributed by atoms with Crippen molar-refractivity contribution >= 4 is 46.6 Å². The van der Waals surface area contributed by atoms with Crippen LogP contribution in [0.3, 0.4) is 0 Å². The number of aromatic nitrogens is 1. The first-order chi connectivity index (χ1) is 19.5. The molecular weight excluding hydrogens is 583 g/mol. The van der Waals surface area contributed by atoms with E-state index >= 15 is 0 Å². The number of halogens is 3. The number of carbonyl (C=O) groups excluding carboxylic acids is 1. The van der Waals surface area contributed by atoms with Crippen molar-refractivity contribution in [1.29, 1.82) is 5.26 Å². The predicted molar refractivity (Wildman–Crippen MR) is 163 cm³/mol. The smallest absolute Gasteiger partial charge is 0.310 e. The number of rotatable bonds is 8. The summed E-state index contributed by atoms with van der Waals surface area (Å²) in [5.74, 6) is 1.68. The average molecular weight is 614 g/mol. The molecule has 3 aromatic rings. The number of esters is 1. The van der Waals surface area contributed by atoms with E-state index in [-0.39, 0.29) is 34.3 Å². The molecule has 0 amide bonds. The van der Waals surface area contributed by atoms with Gasteiger partial charge in [-0.3, -0.25) is 4.79 Å². The Hall–Kier alpha value is -3.57. The number of para-hydroxylation sites is 1. The van der Waals surface area contributed by atoms with Crippen LogP contribution in [-0.2, 0) is 22.7 Å². The number of carbonyl (C=O) groups is 1. The largest absolute Gasteiger partial charge is 0.461 e. The third-order valence-electron chi connectivity index (χ3n) is 6.70. The Balaban J connectivity index is 0.000000263. The number of hydrogen-bond donors (Lipinski definition) is 0. The summed E-state index contributed by atoms with van der Waals surface area (Å²) in [6, 6.07) is 20.7. The first-order valence-corrected chi connectivity index (χ1v) is 13.9. The quantitative estimate of drug-likeness (QED) is 0.0837. The number of allylic oxidation sites excluding steroid dienone is 1. The first-order valence-electron chi connectivity index (χ1n) is 12.8. The summed E-state index contributed by atoms with van der Waals surface area (Å²) in [5, 5.41) is 8.87. The number of nitriles is 1. The van der Waals surface area contributed by atoms with Crippen LogP contribution >= 0.6 is 34.8 Å². The van der Waals surface area contributed by atoms with Crippen LogP contribution < -0.4 is 4.74 Å². The van der Waals surface area contributed by atoms with Gasteiger partial charge < -0.3 is 14.4 Å². The van der Waals surface area contributed by atoms with Crippen molar-refractivity contribution in [2.45, 2.75) is 33.9 Å². The van der Waals surface area contributed by atoms with Gasteiger partial charge in [-0.1, -0.05) is 85.0 Å². The number of benzene rings is 2. The number of ether oxygens (including phenoxy) is 2. The average Bonchev–Trinajstić information content (AvgIpc) is 3.48. The Bertz CT molecular complexity index is 1420. The molecule has 10 heteroatoms. The van der Waals surface area contributed by atoms with E-state index in [0.717, 1.165) is 16.9 Å². The number of pyridine rings is 1. The normalized spacial score (nSPS) is 16.8. The number of nitrogens with zero attached hydrogens (tertiary/aromatic N) is 4. The van der Waals surface area contributed by atoms with Crippen LogP contribution in [0.1, 0.15) is 31.9 Å². The Labute approximate surface area is 256 Å². The lowest BCUT2D eigenvalue weighted by Crippen LogP contribution is -2.23. The summed E-state index contributed by atoms with van der Waals surface area (Å²) in [7, 11) is 1.87. The molecule has 214 valence electrons. The van der Waals surface area contributed by atoms with E-state index in [2.05, 4.69) is 9.98 Å². The van der Waals surface area contributed by atoms with Crippen molar-refractivity contribution < 1.29 is 14.3 Å². The lowest BCUT2D eigenvalue weighted by Gasteiger charge is -2.17. The zero-order chi connectivity index (χ0) is 30.0. The number of amidine groups is 1. The molecule has 0 saturated heterocycles. The van der Waals surface area contributed by atoms with Gasteiger partial charge in [0.2, 0.25) is 6.19 Å². The van der Waals surface area contributed by atoms with Gasteiger partial charge in [-0.15, -0.1) is 0 Å². The molecular formula is C31H31Cl3N4O3. The van der Waals surface area contributed by atoms with E-state index in [1.807, 2.05) is 86.5 Å². The van der Waals surface area contributed by atoms with Crippen molar-refractivity contribution in [2.24, 2.45) is 22.2 Å². The second kappa shape index (κ2) is 14.9. The highest BCUT2D eigenvalue weighted by Gasteiger charge is 2.61. The summed E-state index contributed by atoms with van der Waals surface area (Å²) in [6.45, 7) is 6.65. The third kappa shape index (κ3) is 9.79. The van der Waals surface area contributed by atoms with Gasteiger partial charge in [-0.05, 0) is 65.8 Å². The molecule has 7 nitrogen and oxygen atoms in total. The molecule has 1 aliphatic carbocycles. The van der Waals surface area contributed by atoms with Gasteiger partial charge in [-0.25, -0.2) is 4.98 Å². The molecule has 2 unspecified atom stereocenters. The summed E-state index contributed by atoms with van der Waals surface area (Å²) in [4.78, 5) is 21.9. The van der Waals surface area contributed by atoms with Crippen LogP contribution in [0.2, 0.25) is 5.15 Å². The van der Waals surface area contributed by atoms with E-state index in [1.165, 1.54) is 0 Å². The predicted octanol–water partition coefficient (Wildman–Crippen LogP) is 8.18. The Kier molecular flexibility index (Phi) is 11.6. The van der Waals surface area contributed by atoms with Crippen LogP contribution in [0.5, 0.6) is 11.5 Å². The molecule has 41 heavy (non-hydrogen) atoms. The van der Waals surface area contributed by atoms with E-state index in [0.29, 0.717) is 23.3 Å². The molecule has 2 atom stereocenters. The summed E-state index contributed by atoms with van der Waals surface area (Å²) < 4.78 is 11.5. The lowest BCUT2D eigenvalue weighted by molar-refractivity contribution is -0.147. The Morgan fingerprint density at radius 2 is 1.80 bits per heavy atom. The second-order valence-electron chi connectivity index (χ2n) is 10.1. The maximum absolute atomic E-state index is 12.4. The molecule has 0 N–H and O–H groups in total. The molecule has 0 aliphatic heterocycles. The van der Waals surface area contributed by atoms with Gasteiger partial charge in [0.05, 0.1) is 5.92 Å². The second-order valence-corrected chi connectivity index (χ2v) is 11.5. The summed E-state index contributed by atoms with van der Waals surface area (Å²) in [6.07, 6.45) is 5.17. The summed E-state index contributed by atoms with van der Waals surface area (Å²) in [5.41, 5.74) is 1.70. The first kappa shape index (κ1) is 32.0. The van der Waals surface area contributed by atoms with Crippen LogP contribution in [0.15, 0.2) is 88.5 Å². The molecule has 1 aromatic heterocycles. The number of hydrogen-bond acceptors (Lipinski definition) is 6. The van der Waals surface area contributed by atoms with Gasteiger partial charge in [0.15, 0.2) is 0 Å². The zero-order valence-electron chi connectivity index (χ0n) is 23.2. The van der Waals surface area contributed by atoms with Crippen LogP contribution in [0.4, 0.5) is 0 Å². The molecule has 1 heterocycles. The van der Waals surface area contributed by atoms with Crippen molar-refractivity contribution in [2.75, 3.05) is 7.05 Å². The van der Waals surface area contributed by atoms with Gasteiger partial charge in [0.25, 0.3) is 0 Å². The lowest BCUT2D eigenvalue weighted by atomic mass is 10.1. The molecule has 2 aromatic carbocycles. The van der Waals surface area contributed by atoms with E-state index in [4.69, 9.17) is 49.5 Å². The molecule has 1 aliphatic rings. The minimum absolute atomic E-state index is 0.00717. The fourth-order valence-corrected chi connectivity index (χ4v) is 4.57. The highest BCUT2D eigenvalue weighted by atomic mass is 35.5. The minimum atomic E-state index is -0.236. The van der Waals surface area contributed by atoms with Crippen LogP contribution in [-0.4, -0.2) is 28.7 Å².